The first-order valence-corrected chi connectivity index (χ1v) is 11.5. The topological polar surface area (TPSA) is 52.6 Å². The molecule has 0 amide bonds. The average molecular weight is 439 g/mol. The number of morpholine rings is 1. The van der Waals surface area contributed by atoms with Crippen LogP contribution in [0.2, 0.25) is 0 Å². The highest BCUT2D eigenvalue weighted by atomic mass is 16.7. The van der Waals surface area contributed by atoms with Gasteiger partial charge >= 0.3 is 0 Å². The fraction of sp³-hybridized carbons (Fsp3) is 0.520. The molecule has 4 aliphatic rings. The number of fused-ring (bicyclic) bond motifs is 4. The van der Waals surface area contributed by atoms with Crippen LogP contribution in [0.4, 0.5) is 0 Å². The molecule has 7 heteroatoms. The van der Waals surface area contributed by atoms with Gasteiger partial charge in [-0.25, -0.2) is 0 Å². The van der Waals surface area contributed by atoms with Crippen LogP contribution in [0.25, 0.3) is 11.1 Å². The largest absolute Gasteiger partial charge is 0.493 e. The van der Waals surface area contributed by atoms with Crippen LogP contribution >= 0.6 is 0 Å². The van der Waals surface area contributed by atoms with Crippen molar-refractivity contribution in [2.24, 2.45) is 0 Å². The summed E-state index contributed by atoms with van der Waals surface area (Å²) in [5.74, 6) is 3.27. The van der Waals surface area contributed by atoms with Gasteiger partial charge in [-0.3, -0.25) is 9.80 Å². The Labute approximate surface area is 188 Å². The summed E-state index contributed by atoms with van der Waals surface area (Å²) in [6.07, 6.45) is 1.97. The number of ether oxygens (including phenoxy) is 5. The van der Waals surface area contributed by atoms with E-state index in [4.69, 9.17) is 23.7 Å². The first kappa shape index (κ1) is 20.1. The molecule has 32 heavy (non-hydrogen) atoms. The Morgan fingerprint density at radius 2 is 1.94 bits per heavy atom. The van der Waals surface area contributed by atoms with E-state index in [0.29, 0.717) is 12.6 Å². The van der Waals surface area contributed by atoms with Crippen molar-refractivity contribution in [2.75, 3.05) is 67.0 Å². The quantitative estimate of drug-likeness (QED) is 0.712. The van der Waals surface area contributed by atoms with E-state index in [1.165, 1.54) is 16.7 Å². The third-order valence-electron chi connectivity index (χ3n) is 7.24. The molecule has 170 valence electrons. The van der Waals surface area contributed by atoms with Gasteiger partial charge in [-0.2, -0.15) is 0 Å². The van der Waals surface area contributed by atoms with Crippen LogP contribution in [-0.4, -0.2) is 76.7 Å². The van der Waals surface area contributed by atoms with Crippen LogP contribution < -0.4 is 18.9 Å². The SMILES string of the molecule is COc1ccc2c(c1OCCN1CCOCC1)-c1c3c(cc4c1[C@H](C2)N(C)CC4)OCO3. The fourth-order valence-corrected chi connectivity index (χ4v) is 5.54. The molecule has 2 aromatic carbocycles. The molecular formula is C25H30N2O5. The number of likely N-dealkylation sites (N-methyl/N-ethyl adjacent to an activating group) is 1. The summed E-state index contributed by atoms with van der Waals surface area (Å²) in [5, 5.41) is 0. The molecule has 1 fully saturated rings. The maximum atomic E-state index is 6.48. The summed E-state index contributed by atoms with van der Waals surface area (Å²) in [6.45, 7) is 6.26. The van der Waals surface area contributed by atoms with E-state index in [9.17, 15) is 0 Å². The van der Waals surface area contributed by atoms with Gasteiger partial charge in [0, 0.05) is 43.3 Å². The molecular weight excluding hydrogens is 408 g/mol. The monoisotopic (exact) mass is 438 g/mol. The van der Waals surface area contributed by atoms with Gasteiger partial charge in [0.15, 0.2) is 23.0 Å². The number of hydrogen-bond acceptors (Lipinski definition) is 7. The van der Waals surface area contributed by atoms with Crippen molar-refractivity contribution in [2.45, 2.75) is 18.9 Å². The molecule has 2 aromatic rings. The minimum atomic E-state index is 0.262. The van der Waals surface area contributed by atoms with E-state index in [1.54, 1.807) is 7.11 Å². The van der Waals surface area contributed by atoms with Gasteiger partial charge in [-0.15, -0.1) is 0 Å². The number of hydrogen-bond donors (Lipinski definition) is 0. The Balaban J connectivity index is 1.44. The highest BCUT2D eigenvalue weighted by Gasteiger charge is 2.39. The van der Waals surface area contributed by atoms with E-state index >= 15 is 0 Å². The molecule has 0 unspecified atom stereocenters. The molecule has 0 aromatic heterocycles. The number of rotatable bonds is 5. The molecule has 3 aliphatic heterocycles. The summed E-state index contributed by atoms with van der Waals surface area (Å²) in [5.41, 5.74) is 6.24. The van der Waals surface area contributed by atoms with Crippen LogP contribution in [0.15, 0.2) is 18.2 Å². The minimum Gasteiger partial charge on any atom is -0.493 e. The lowest BCUT2D eigenvalue weighted by atomic mass is 9.76. The Hall–Kier alpha value is -2.48. The molecule has 1 aliphatic carbocycles. The predicted molar refractivity (Wildman–Crippen MR) is 120 cm³/mol. The zero-order chi connectivity index (χ0) is 21.7. The van der Waals surface area contributed by atoms with E-state index in [2.05, 4.69) is 29.0 Å². The standard InChI is InChI=1S/C25H30N2O5/c1-26-6-5-17-14-20-25(32-15-31-20)23-21(17)18(26)13-16-3-4-19(28-2)24(22(16)23)30-12-9-27-7-10-29-11-8-27/h3-4,14,18H,5-13,15H2,1-2H3/t18-/m0/s1. The summed E-state index contributed by atoms with van der Waals surface area (Å²) >= 11 is 0. The van der Waals surface area contributed by atoms with Crippen molar-refractivity contribution >= 4 is 0 Å². The lowest BCUT2D eigenvalue weighted by Gasteiger charge is -2.40. The highest BCUT2D eigenvalue weighted by molar-refractivity contribution is 5.88. The number of benzene rings is 2. The van der Waals surface area contributed by atoms with Crippen LogP contribution in [0.1, 0.15) is 22.7 Å². The van der Waals surface area contributed by atoms with Crippen molar-refractivity contribution in [3.63, 3.8) is 0 Å². The molecule has 0 radical (unpaired) electrons. The summed E-state index contributed by atoms with van der Waals surface area (Å²) < 4.78 is 29.6. The van der Waals surface area contributed by atoms with E-state index in [0.717, 1.165) is 86.4 Å². The smallest absolute Gasteiger partial charge is 0.231 e. The normalized spacial score (nSPS) is 21.8. The van der Waals surface area contributed by atoms with Gasteiger partial charge in [0.25, 0.3) is 0 Å². The molecule has 7 nitrogen and oxygen atoms in total. The minimum absolute atomic E-state index is 0.262. The molecule has 6 rings (SSSR count). The van der Waals surface area contributed by atoms with E-state index in [-0.39, 0.29) is 6.79 Å². The van der Waals surface area contributed by atoms with Gasteiger partial charge in [-0.05, 0) is 48.7 Å². The fourth-order valence-electron chi connectivity index (χ4n) is 5.54. The Morgan fingerprint density at radius 3 is 2.78 bits per heavy atom. The van der Waals surface area contributed by atoms with Crippen LogP contribution in [0.5, 0.6) is 23.0 Å². The third kappa shape index (κ3) is 3.22. The second kappa shape index (κ2) is 8.14. The lowest BCUT2D eigenvalue weighted by molar-refractivity contribution is 0.0321. The Bertz CT molecular complexity index is 1030. The molecule has 1 saturated heterocycles. The summed E-state index contributed by atoms with van der Waals surface area (Å²) in [6, 6.07) is 6.75. The van der Waals surface area contributed by atoms with Gasteiger partial charge in [-0.1, -0.05) is 6.07 Å². The zero-order valence-electron chi connectivity index (χ0n) is 18.8. The van der Waals surface area contributed by atoms with Gasteiger partial charge in [0.05, 0.1) is 20.3 Å². The molecule has 3 heterocycles. The van der Waals surface area contributed by atoms with E-state index in [1.807, 2.05) is 6.07 Å². The second-order valence-electron chi connectivity index (χ2n) is 8.94. The van der Waals surface area contributed by atoms with Gasteiger partial charge in [0.2, 0.25) is 6.79 Å². The van der Waals surface area contributed by atoms with Crippen molar-refractivity contribution in [3.05, 3.63) is 34.9 Å². The first-order chi connectivity index (χ1) is 15.7. The lowest BCUT2D eigenvalue weighted by Crippen LogP contribution is -2.38. The summed E-state index contributed by atoms with van der Waals surface area (Å²) in [7, 11) is 3.93. The number of methoxy groups -OCH3 is 1. The Morgan fingerprint density at radius 1 is 1.06 bits per heavy atom. The second-order valence-corrected chi connectivity index (χ2v) is 8.94. The van der Waals surface area contributed by atoms with Gasteiger partial charge < -0.3 is 23.7 Å². The molecule has 0 N–H and O–H groups in total. The van der Waals surface area contributed by atoms with Crippen molar-refractivity contribution in [3.8, 4) is 34.1 Å². The third-order valence-corrected chi connectivity index (χ3v) is 7.24. The zero-order valence-corrected chi connectivity index (χ0v) is 18.8. The maximum Gasteiger partial charge on any atom is 0.231 e. The molecule has 1 atom stereocenters. The van der Waals surface area contributed by atoms with Crippen molar-refractivity contribution in [1.29, 1.82) is 0 Å². The Kier molecular flexibility index (Phi) is 5.12. The van der Waals surface area contributed by atoms with E-state index < -0.39 is 0 Å². The first-order valence-electron chi connectivity index (χ1n) is 11.5. The highest BCUT2D eigenvalue weighted by Crippen LogP contribution is 2.57. The number of nitrogens with zero attached hydrogens (tertiary/aromatic N) is 2. The molecule has 0 bridgehead atoms. The van der Waals surface area contributed by atoms with Crippen LogP contribution in [-0.2, 0) is 17.6 Å². The van der Waals surface area contributed by atoms with Crippen LogP contribution in [0.3, 0.4) is 0 Å². The average Bonchev–Trinajstić information content (AvgIpc) is 3.30. The predicted octanol–water partition coefficient (Wildman–Crippen LogP) is 2.89. The van der Waals surface area contributed by atoms with Crippen molar-refractivity contribution in [1.82, 2.24) is 9.80 Å². The maximum absolute atomic E-state index is 6.48. The van der Waals surface area contributed by atoms with Gasteiger partial charge in [0.1, 0.15) is 6.61 Å². The molecule has 0 saturated carbocycles. The molecule has 0 spiro atoms. The summed E-state index contributed by atoms with van der Waals surface area (Å²) in [4.78, 5) is 4.84. The van der Waals surface area contributed by atoms with Crippen molar-refractivity contribution < 1.29 is 23.7 Å². The van der Waals surface area contributed by atoms with Crippen LogP contribution in [0, 0.1) is 0 Å².